The molecule has 0 aromatic carbocycles. The average Bonchev–Trinajstić information content (AvgIpc) is 2.73. The molecular weight excluding hydrogens is 264 g/mol. The van der Waals surface area contributed by atoms with Crippen molar-refractivity contribution in [1.82, 2.24) is 20.4 Å². The number of hydrogen-bond donors (Lipinski definition) is 2. The molecule has 2 heterocycles. The lowest BCUT2D eigenvalue weighted by Crippen LogP contribution is -2.46. The first-order chi connectivity index (χ1) is 8.58. The monoisotopic (exact) mass is 286 g/mol. The van der Waals surface area contributed by atoms with Crippen molar-refractivity contribution in [3.63, 3.8) is 0 Å². The van der Waals surface area contributed by atoms with Crippen molar-refractivity contribution in [2.45, 2.75) is 38.6 Å². The zero-order chi connectivity index (χ0) is 13.1. The predicted octanol–water partition coefficient (Wildman–Crippen LogP) is 1.45. The zero-order valence-corrected chi connectivity index (χ0v) is 12.6. The molecule has 1 aliphatic rings. The Bertz CT molecular complexity index is 424. The highest BCUT2D eigenvalue weighted by Crippen LogP contribution is 2.14. The number of rotatable bonds is 3. The van der Waals surface area contributed by atoms with Crippen molar-refractivity contribution in [2.75, 3.05) is 13.1 Å². The maximum Gasteiger partial charge on any atom is 0.269 e. The van der Waals surface area contributed by atoms with Crippen LogP contribution in [-0.4, -0.2) is 34.8 Å². The molecule has 6 heteroatoms. The third-order valence-electron chi connectivity index (χ3n) is 3.35. The van der Waals surface area contributed by atoms with Gasteiger partial charge in [-0.2, -0.15) is 5.10 Å². The molecule has 108 valence electrons. The first kappa shape index (κ1) is 16.0. The second-order valence-electron chi connectivity index (χ2n) is 5.25. The molecule has 2 rings (SSSR count). The molecule has 1 aromatic heterocycles. The summed E-state index contributed by atoms with van der Waals surface area (Å²) in [5, 5.41) is 10.7. The highest BCUT2D eigenvalue weighted by molar-refractivity contribution is 5.92. The van der Waals surface area contributed by atoms with Crippen LogP contribution in [0.2, 0.25) is 0 Å². The Balaban J connectivity index is 0.00000180. The minimum absolute atomic E-state index is 0. The van der Waals surface area contributed by atoms with Crippen molar-refractivity contribution in [3.8, 4) is 0 Å². The quantitative estimate of drug-likeness (QED) is 0.884. The first-order valence-electron chi connectivity index (χ1n) is 6.63. The third-order valence-corrected chi connectivity index (χ3v) is 3.35. The fourth-order valence-corrected chi connectivity index (χ4v) is 2.22. The van der Waals surface area contributed by atoms with Crippen molar-refractivity contribution in [2.24, 2.45) is 7.05 Å². The fraction of sp³-hybridized carbons (Fsp3) is 0.692. The van der Waals surface area contributed by atoms with Crippen molar-refractivity contribution in [3.05, 3.63) is 17.5 Å². The van der Waals surface area contributed by atoms with Crippen LogP contribution in [0, 0.1) is 0 Å². The predicted molar refractivity (Wildman–Crippen MR) is 77.9 cm³/mol. The van der Waals surface area contributed by atoms with Gasteiger partial charge in [-0.25, -0.2) is 0 Å². The van der Waals surface area contributed by atoms with Gasteiger partial charge in [0.1, 0.15) is 5.69 Å². The average molecular weight is 287 g/mol. The molecule has 0 bridgehead atoms. The highest BCUT2D eigenvalue weighted by atomic mass is 35.5. The smallest absolute Gasteiger partial charge is 0.269 e. The van der Waals surface area contributed by atoms with E-state index in [0.29, 0.717) is 11.6 Å². The molecular formula is C13H23ClN4O. The number of nitrogens with one attached hydrogen (secondary N) is 2. The van der Waals surface area contributed by atoms with Crippen LogP contribution in [0.1, 0.15) is 48.8 Å². The van der Waals surface area contributed by atoms with Crippen LogP contribution >= 0.6 is 12.4 Å². The van der Waals surface area contributed by atoms with Gasteiger partial charge in [0.2, 0.25) is 0 Å². The molecule has 1 saturated heterocycles. The van der Waals surface area contributed by atoms with Gasteiger partial charge in [0.05, 0.1) is 5.69 Å². The molecule has 1 amide bonds. The molecule has 0 saturated carbocycles. The van der Waals surface area contributed by atoms with E-state index in [1.54, 1.807) is 4.68 Å². The molecule has 0 aliphatic carbocycles. The second-order valence-corrected chi connectivity index (χ2v) is 5.25. The molecule has 5 nitrogen and oxygen atoms in total. The summed E-state index contributed by atoms with van der Waals surface area (Å²) < 4.78 is 1.67. The fourth-order valence-electron chi connectivity index (χ4n) is 2.22. The molecule has 2 N–H and O–H groups in total. The summed E-state index contributed by atoms with van der Waals surface area (Å²) in [6.07, 6.45) is 2.17. The van der Waals surface area contributed by atoms with Gasteiger partial charge in [-0.1, -0.05) is 13.8 Å². The summed E-state index contributed by atoms with van der Waals surface area (Å²) in [5.74, 6) is 0.319. The maximum atomic E-state index is 12.2. The number of halogens is 1. The van der Waals surface area contributed by atoms with Crippen molar-refractivity contribution in [1.29, 1.82) is 0 Å². The largest absolute Gasteiger partial charge is 0.347 e. The van der Waals surface area contributed by atoms with Gasteiger partial charge in [-0.05, 0) is 31.4 Å². The minimum Gasteiger partial charge on any atom is -0.347 e. The van der Waals surface area contributed by atoms with Crippen LogP contribution in [0.3, 0.4) is 0 Å². The molecule has 1 aromatic rings. The Hall–Kier alpha value is -1.07. The van der Waals surface area contributed by atoms with Crippen LogP contribution in [0.25, 0.3) is 0 Å². The third kappa shape index (κ3) is 3.94. The Kier molecular flexibility index (Phi) is 5.82. The summed E-state index contributed by atoms with van der Waals surface area (Å²) in [4.78, 5) is 12.2. The first-order valence-corrected chi connectivity index (χ1v) is 6.63. The number of carbonyl (C=O) groups is 1. The Morgan fingerprint density at radius 3 is 2.84 bits per heavy atom. The summed E-state index contributed by atoms with van der Waals surface area (Å²) >= 11 is 0. The van der Waals surface area contributed by atoms with E-state index < -0.39 is 0 Å². The van der Waals surface area contributed by atoms with E-state index in [0.717, 1.165) is 31.6 Å². The zero-order valence-electron chi connectivity index (χ0n) is 11.8. The normalized spacial score (nSPS) is 19.1. The standard InChI is InChI=1S/C13H22N4O.ClH/c1-9(2)11-7-12(17(3)16-11)13(18)15-10-5-4-6-14-8-10;/h7,9-10,14H,4-6,8H2,1-3H3,(H,15,18);1H/t10-;/m0./s1. The van der Waals surface area contributed by atoms with E-state index in [9.17, 15) is 4.79 Å². The molecule has 0 spiro atoms. The number of aryl methyl sites for hydroxylation is 1. The maximum absolute atomic E-state index is 12.2. The Morgan fingerprint density at radius 1 is 1.58 bits per heavy atom. The second kappa shape index (κ2) is 6.91. The minimum atomic E-state index is -0.0226. The van der Waals surface area contributed by atoms with Crippen LogP contribution in [0.4, 0.5) is 0 Å². The SMILES string of the molecule is CC(C)c1cc(C(=O)N[C@H]2CCCNC2)n(C)n1.Cl. The molecule has 0 radical (unpaired) electrons. The highest BCUT2D eigenvalue weighted by Gasteiger charge is 2.19. The topological polar surface area (TPSA) is 59.0 Å². The summed E-state index contributed by atoms with van der Waals surface area (Å²) in [5.41, 5.74) is 1.61. The van der Waals surface area contributed by atoms with Gasteiger partial charge in [0.25, 0.3) is 5.91 Å². The van der Waals surface area contributed by atoms with Gasteiger partial charge in [0.15, 0.2) is 0 Å². The Labute approximate surface area is 120 Å². The molecule has 0 unspecified atom stereocenters. The van der Waals surface area contributed by atoms with Gasteiger partial charge >= 0.3 is 0 Å². The molecule has 1 atom stereocenters. The summed E-state index contributed by atoms with van der Waals surface area (Å²) in [7, 11) is 1.82. The molecule has 1 fully saturated rings. The number of aromatic nitrogens is 2. The van der Waals surface area contributed by atoms with Crippen LogP contribution < -0.4 is 10.6 Å². The van der Waals surface area contributed by atoms with Gasteiger partial charge in [-0.3, -0.25) is 9.48 Å². The lowest BCUT2D eigenvalue weighted by molar-refractivity contribution is 0.0921. The van der Waals surface area contributed by atoms with E-state index in [1.807, 2.05) is 13.1 Å². The van der Waals surface area contributed by atoms with E-state index >= 15 is 0 Å². The lowest BCUT2D eigenvalue weighted by Gasteiger charge is -2.23. The number of nitrogens with zero attached hydrogens (tertiary/aromatic N) is 2. The number of hydrogen-bond acceptors (Lipinski definition) is 3. The van der Waals surface area contributed by atoms with Crippen LogP contribution in [0.5, 0.6) is 0 Å². The van der Waals surface area contributed by atoms with Crippen molar-refractivity contribution < 1.29 is 4.79 Å². The van der Waals surface area contributed by atoms with E-state index in [1.165, 1.54) is 0 Å². The number of carbonyl (C=O) groups excluding carboxylic acids is 1. The summed E-state index contributed by atoms with van der Waals surface area (Å²) in [6, 6.07) is 2.12. The Morgan fingerprint density at radius 2 is 2.32 bits per heavy atom. The van der Waals surface area contributed by atoms with E-state index in [-0.39, 0.29) is 24.4 Å². The number of piperidine rings is 1. The van der Waals surface area contributed by atoms with Crippen LogP contribution in [-0.2, 0) is 7.05 Å². The van der Waals surface area contributed by atoms with Crippen molar-refractivity contribution >= 4 is 18.3 Å². The van der Waals surface area contributed by atoms with Gasteiger partial charge in [-0.15, -0.1) is 12.4 Å². The van der Waals surface area contributed by atoms with Gasteiger partial charge < -0.3 is 10.6 Å². The summed E-state index contributed by atoms with van der Waals surface area (Å²) in [6.45, 7) is 6.07. The van der Waals surface area contributed by atoms with E-state index in [4.69, 9.17) is 0 Å². The molecule has 1 aliphatic heterocycles. The van der Waals surface area contributed by atoms with E-state index in [2.05, 4.69) is 29.6 Å². The lowest BCUT2D eigenvalue weighted by atomic mass is 10.1. The molecule has 19 heavy (non-hydrogen) atoms. The van der Waals surface area contributed by atoms with Crippen LogP contribution in [0.15, 0.2) is 6.07 Å². The van der Waals surface area contributed by atoms with Gasteiger partial charge in [0, 0.05) is 19.6 Å². The number of amides is 1.